The van der Waals surface area contributed by atoms with Crippen LogP contribution in [0.5, 0.6) is 0 Å². The SMILES string of the molecule is O=C(Nc1nc2c(s1)CCCC2)C1CCN(c2cc(-n3ccnc3)ncn2)CC1. The molecule has 1 amide bonds. The van der Waals surface area contributed by atoms with Gasteiger partial charge in [0.2, 0.25) is 5.91 Å². The monoisotopic (exact) mass is 409 g/mol. The van der Waals surface area contributed by atoms with E-state index >= 15 is 0 Å². The van der Waals surface area contributed by atoms with E-state index in [0.29, 0.717) is 0 Å². The summed E-state index contributed by atoms with van der Waals surface area (Å²) in [6.45, 7) is 1.60. The van der Waals surface area contributed by atoms with Gasteiger partial charge in [0.1, 0.15) is 24.3 Å². The molecule has 0 bridgehead atoms. The molecule has 3 aromatic rings. The third kappa shape index (κ3) is 3.87. The van der Waals surface area contributed by atoms with Gasteiger partial charge in [-0.15, -0.1) is 11.3 Å². The van der Waals surface area contributed by atoms with Crippen molar-refractivity contribution in [2.75, 3.05) is 23.3 Å². The van der Waals surface area contributed by atoms with Crippen molar-refractivity contribution in [3.05, 3.63) is 41.7 Å². The molecule has 4 heterocycles. The molecule has 1 N–H and O–H groups in total. The number of anilines is 2. The van der Waals surface area contributed by atoms with Crippen molar-refractivity contribution in [3.8, 4) is 5.82 Å². The lowest BCUT2D eigenvalue weighted by atomic mass is 9.96. The maximum absolute atomic E-state index is 12.7. The molecule has 0 spiro atoms. The number of piperidine rings is 1. The van der Waals surface area contributed by atoms with Crippen molar-refractivity contribution < 1.29 is 4.79 Å². The van der Waals surface area contributed by atoms with E-state index in [-0.39, 0.29) is 11.8 Å². The second-order valence-corrected chi connectivity index (χ2v) is 8.63. The molecule has 2 aliphatic rings. The fourth-order valence-corrected chi connectivity index (χ4v) is 5.08. The van der Waals surface area contributed by atoms with Crippen LogP contribution >= 0.6 is 11.3 Å². The molecule has 0 radical (unpaired) electrons. The molecular formula is C20H23N7OS. The molecule has 9 heteroatoms. The Morgan fingerprint density at radius 2 is 1.97 bits per heavy atom. The highest BCUT2D eigenvalue weighted by Gasteiger charge is 2.27. The molecule has 1 fully saturated rings. The van der Waals surface area contributed by atoms with Crippen molar-refractivity contribution in [2.45, 2.75) is 38.5 Å². The van der Waals surface area contributed by atoms with Crippen molar-refractivity contribution in [1.82, 2.24) is 24.5 Å². The van der Waals surface area contributed by atoms with E-state index < -0.39 is 0 Å². The minimum atomic E-state index is 0.0159. The third-order valence-electron chi connectivity index (χ3n) is 5.67. The van der Waals surface area contributed by atoms with Crippen LogP contribution in [0.4, 0.5) is 10.9 Å². The Morgan fingerprint density at radius 1 is 1.14 bits per heavy atom. The third-order valence-corrected chi connectivity index (χ3v) is 6.75. The zero-order chi connectivity index (χ0) is 19.6. The van der Waals surface area contributed by atoms with Crippen LogP contribution in [0.25, 0.3) is 5.82 Å². The Balaban J connectivity index is 1.20. The van der Waals surface area contributed by atoms with Gasteiger partial charge in [0.15, 0.2) is 5.13 Å². The lowest BCUT2D eigenvalue weighted by Crippen LogP contribution is -2.38. The second kappa shape index (κ2) is 7.90. The summed E-state index contributed by atoms with van der Waals surface area (Å²) < 4.78 is 1.86. The van der Waals surface area contributed by atoms with Gasteiger partial charge in [-0.25, -0.2) is 19.9 Å². The summed E-state index contributed by atoms with van der Waals surface area (Å²) in [6, 6.07) is 1.96. The number of rotatable bonds is 4. The highest BCUT2D eigenvalue weighted by molar-refractivity contribution is 7.15. The molecule has 8 nitrogen and oxygen atoms in total. The maximum Gasteiger partial charge on any atom is 0.229 e. The maximum atomic E-state index is 12.7. The van der Waals surface area contributed by atoms with Gasteiger partial charge in [-0.2, -0.15) is 0 Å². The first-order chi connectivity index (χ1) is 14.3. The molecule has 29 heavy (non-hydrogen) atoms. The molecule has 0 saturated carbocycles. The number of carbonyl (C=O) groups is 1. The number of nitrogens with one attached hydrogen (secondary N) is 1. The van der Waals surface area contributed by atoms with Crippen LogP contribution in [0.1, 0.15) is 36.3 Å². The predicted molar refractivity (Wildman–Crippen MR) is 111 cm³/mol. The van der Waals surface area contributed by atoms with E-state index in [4.69, 9.17) is 0 Å². The van der Waals surface area contributed by atoms with E-state index in [0.717, 1.165) is 55.5 Å². The van der Waals surface area contributed by atoms with Crippen LogP contribution in [-0.4, -0.2) is 43.5 Å². The molecule has 0 unspecified atom stereocenters. The highest BCUT2D eigenvalue weighted by atomic mass is 32.1. The predicted octanol–water partition coefficient (Wildman–Crippen LogP) is 2.85. The summed E-state index contributed by atoms with van der Waals surface area (Å²) in [6.07, 6.45) is 13.1. The molecule has 3 aromatic heterocycles. The van der Waals surface area contributed by atoms with E-state index in [1.165, 1.54) is 23.4 Å². The number of hydrogen-bond donors (Lipinski definition) is 1. The van der Waals surface area contributed by atoms with Crippen molar-refractivity contribution in [1.29, 1.82) is 0 Å². The second-order valence-electron chi connectivity index (χ2n) is 7.55. The average molecular weight is 410 g/mol. The molecular weight excluding hydrogens is 386 g/mol. The number of carbonyl (C=O) groups excluding carboxylic acids is 1. The van der Waals surface area contributed by atoms with Crippen LogP contribution in [0.2, 0.25) is 0 Å². The molecule has 150 valence electrons. The first-order valence-electron chi connectivity index (χ1n) is 10.1. The first kappa shape index (κ1) is 18.2. The summed E-state index contributed by atoms with van der Waals surface area (Å²) in [5.41, 5.74) is 1.18. The van der Waals surface area contributed by atoms with Gasteiger partial charge >= 0.3 is 0 Å². The van der Waals surface area contributed by atoms with Gasteiger partial charge in [-0.3, -0.25) is 9.36 Å². The molecule has 5 rings (SSSR count). The number of hydrogen-bond acceptors (Lipinski definition) is 7. The van der Waals surface area contributed by atoms with Crippen LogP contribution < -0.4 is 10.2 Å². The topological polar surface area (TPSA) is 88.8 Å². The lowest BCUT2D eigenvalue weighted by molar-refractivity contribution is -0.120. The van der Waals surface area contributed by atoms with Crippen LogP contribution in [0.3, 0.4) is 0 Å². The number of nitrogens with zero attached hydrogens (tertiary/aromatic N) is 6. The summed E-state index contributed by atoms with van der Waals surface area (Å²) in [5.74, 6) is 1.79. The fourth-order valence-electron chi connectivity index (χ4n) is 4.03. The first-order valence-corrected chi connectivity index (χ1v) is 10.9. The zero-order valence-electron chi connectivity index (χ0n) is 16.1. The fraction of sp³-hybridized carbons (Fsp3) is 0.450. The Bertz CT molecular complexity index is 969. The Hall–Kier alpha value is -2.81. The standard InChI is InChI=1S/C20H23N7OS/c28-19(25-20-24-15-3-1-2-4-16(15)29-20)14-5-8-26(9-6-14)17-11-18(23-12-22-17)27-10-7-21-13-27/h7,10-14H,1-6,8-9H2,(H,24,25,28). The molecule has 1 aliphatic heterocycles. The van der Waals surface area contributed by atoms with Crippen LogP contribution in [0, 0.1) is 5.92 Å². The summed E-state index contributed by atoms with van der Waals surface area (Å²) in [5, 5.41) is 3.83. The number of aromatic nitrogens is 5. The number of aryl methyl sites for hydroxylation is 2. The van der Waals surface area contributed by atoms with E-state index in [2.05, 4.69) is 30.2 Å². The minimum Gasteiger partial charge on any atom is -0.356 e. The summed E-state index contributed by atoms with van der Waals surface area (Å²) in [4.78, 5) is 33.7. The quantitative estimate of drug-likeness (QED) is 0.713. The van der Waals surface area contributed by atoms with Crippen LogP contribution in [0.15, 0.2) is 31.1 Å². The van der Waals surface area contributed by atoms with Gasteiger partial charge in [-0.05, 0) is 38.5 Å². The number of thiazole rings is 1. The minimum absolute atomic E-state index is 0.0159. The van der Waals surface area contributed by atoms with Gasteiger partial charge in [0.05, 0.1) is 5.69 Å². The van der Waals surface area contributed by atoms with Gasteiger partial charge in [0, 0.05) is 42.3 Å². The van der Waals surface area contributed by atoms with E-state index in [1.807, 2.05) is 16.8 Å². The highest BCUT2D eigenvalue weighted by Crippen LogP contribution is 2.30. The van der Waals surface area contributed by atoms with Crippen LogP contribution in [-0.2, 0) is 17.6 Å². The Morgan fingerprint density at radius 3 is 2.76 bits per heavy atom. The number of amides is 1. The summed E-state index contributed by atoms with van der Waals surface area (Å²) >= 11 is 1.65. The molecule has 1 aliphatic carbocycles. The van der Waals surface area contributed by atoms with Gasteiger partial charge in [0.25, 0.3) is 0 Å². The van der Waals surface area contributed by atoms with Crippen molar-refractivity contribution in [2.24, 2.45) is 5.92 Å². The number of fused-ring (bicyclic) bond motifs is 1. The van der Waals surface area contributed by atoms with Gasteiger partial charge in [-0.1, -0.05) is 0 Å². The Kier molecular flexibility index (Phi) is 4.97. The average Bonchev–Trinajstić information content (AvgIpc) is 3.43. The van der Waals surface area contributed by atoms with E-state index in [1.54, 1.807) is 30.2 Å². The zero-order valence-corrected chi connectivity index (χ0v) is 16.9. The summed E-state index contributed by atoms with van der Waals surface area (Å²) in [7, 11) is 0. The molecule has 0 atom stereocenters. The lowest BCUT2D eigenvalue weighted by Gasteiger charge is -2.32. The molecule has 1 saturated heterocycles. The van der Waals surface area contributed by atoms with Crippen molar-refractivity contribution >= 4 is 28.2 Å². The Labute approximate surface area is 173 Å². The van der Waals surface area contributed by atoms with E-state index in [9.17, 15) is 4.79 Å². The van der Waals surface area contributed by atoms with Gasteiger partial charge < -0.3 is 10.2 Å². The number of imidazole rings is 1. The molecule has 0 aromatic carbocycles. The van der Waals surface area contributed by atoms with Crippen molar-refractivity contribution in [3.63, 3.8) is 0 Å². The smallest absolute Gasteiger partial charge is 0.229 e. The largest absolute Gasteiger partial charge is 0.356 e. The normalized spacial score (nSPS) is 17.2.